The number of benzene rings is 2. The van der Waals surface area contributed by atoms with E-state index in [4.69, 9.17) is 11.1 Å². The molecule has 2 aromatic carbocycles. The first kappa shape index (κ1) is 14.9. The molecule has 0 amide bonds. The number of hydrogen-bond donors (Lipinski definition) is 3. The van der Waals surface area contributed by atoms with E-state index in [0.29, 0.717) is 0 Å². The van der Waals surface area contributed by atoms with Crippen LogP contribution >= 0.6 is 0 Å². The Hall–Kier alpha value is -2.49. The number of nitrogens with two attached hydrogens (primary N) is 1. The van der Waals surface area contributed by atoms with Gasteiger partial charge >= 0.3 is 0 Å². The first-order valence-electron chi connectivity index (χ1n) is 6.95. The van der Waals surface area contributed by atoms with Crippen molar-refractivity contribution < 1.29 is 0 Å². The van der Waals surface area contributed by atoms with Gasteiger partial charge in [-0.1, -0.05) is 36.4 Å². The molecule has 110 valence electrons. The molecule has 2 aromatic rings. The van der Waals surface area contributed by atoms with Crippen molar-refractivity contribution in [3.63, 3.8) is 0 Å². The summed E-state index contributed by atoms with van der Waals surface area (Å²) in [5.41, 5.74) is 15.4. The average molecular weight is 282 g/mol. The van der Waals surface area contributed by atoms with E-state index in [0.717, 1.165) is 33.6 Å². The fraction of sp³-hybridized carbons (Fsp3) is 0.235. The van der Waals surface area contributed by atoms with Gasteiger partial charge in [0.05, 0.1) is 11.4 Å². The highest BCUT2D eigenvalue weighted by molar-refractivity contribution is 5.96. The largest absolute Gasteiger partial charge is 0.368 e. The predicted molar refractivity (Wildman–Crippen MR) is 89.8 cm³/mol. The normalized spacial score (nSPS) is 10.3. The molecule has 4 N–H and O–H groups in total. The monoisotopic (exact) mass is 282 g/mol. The Morgan fingerprint density at radius 3 is 1.76 bits per heavy atom. The number of para-hydroxylation sites is 2. The second-order valence-corrected chi connectivity index (χ2v) is 5.34. The third-order valence-corrected chi connectivity index (χ3v) is 3.61. The third-order valence-electron chi connectivity index (χ3n) is 3.61. The number of anilines is 2. The van der Waals surface area contributed by atoms with Crippen LogP contribution in [0.25, 0.3) is 0 Å². The van der Waals surface area contributed by atoms with Gasteiger partial charge in [-0.3, -0.25) is 10.8 Å². The fourth-order valence-corrected chi connectivity index (χ4v) is 2.50. The number of hydrazine groups is 1. The zero-order valence-electron chi connectivity index (χ0n) is 13.0. The van der Waals surface area contributed by atoms with Crippen molar-refractivity contribution >= 4 is 17.3 Å². The van der Waals surface area contributed by atoms with Gasteiger partial charge < -0.3 is 5.73 Å². The molecule has 4 heteroatoms. The third kappa shape index (κ3) is 2.99. The molecule has 0 fully saturated rings. The summed E-state index contributed by atoms with van der Waals surface area (Å²) in [5.74, 6) is -0.0324. The molecule has 21 heavy (non-hydrogen) atoms. The van der Waals surface area contributed by atoms with Crippen LogP contribution < -0.4 is 16.2 Å². The van der Waals surface area contributed by atoms with Crippen LogP contribution in [0, 0.1) is 33.1 Å². The first-order chi connectivity index (χ1) is 9.91. The zero-order valence-corrected chi connectivity index (χ0v) is 13.0. The summed E-state index contributed by atoms with van der Waals surface area (Å²) in [6.07, 6.45) is 0. The van der Waals surface area contributed by atoms with Crippen molar-refractivity contribution in [3.05, 3.63) is 58.7 Å². The Balaban J connectivity index is 2.49. The minimum Gasteiger partial charge on any atom is -0.368 e. The molecule has 0 heterocycles. The Labute approximate surface area is 126 Å². The minimum absolute atomic E-state index is 0.0324. The standard InChI is InChI=1S/C17H22N4/c1-11-7-5-8-12(2)15(11)20-21(17(18)19)16-13(3)9-6-10-14(16)4/h5-10,20H,1-4H3,(H3,18,19). The molecular weight excluding hydrogens is 260 g/mol. The highest BCUT2D eigenvalue weighted by Crippen LogP contribution is 2.27. The molecule has 0 saturated heterocycles. The van der Waals surface area contributed by atoms with E-state index >= 15 is 0 Å². The van der Waals surface area contributed by atoms with E-state index in [1.54, 1.807) is 5.01 Å². The van der Waals surface area contributed by atoms with Crippen molar-refractivity contribution in [1.82, 2.24) is 0 Å². The number of nitrogens with one attached hydrogen (secondary N) is 2. The molecule has 0 unspecified atom stereocenters. The molecular formula is C17H22N4. The molecule has 0 aliphatic heterocycles. The van der Waals surface area contributed by atoms with Crippen LogP contribution in [0.3, 0.4) is 0 Å². The molecule has 0 spiro atoms. The summed E-state index contributed by atoms with van der Waals surface area (Å²) in [6.45, 7) is 8.12. The Morgan fingerprint density at radius 1 is 0.905 bits per heavy atom. The van der Waals surface area contributed by atoms with E-state index in [1.807, 2.05) is 64.1 Å². The van der Waals surface area contributed by atoms with Gasteiger partial charge in [-0.05, 0) is 49.9 Å². The van der Waals surface area contributed by atoms with Crippen molar-refractivity contribution in [3.8, 4) is 0 Å². The van der Waals surface area contributed by atoms with Crippen LogP contribution in [0.2, 0.25) is 0 Å². The maximum absolute atomic E-state index is 7.91. The molecule has 0 bridgehead atoms. The zero-order chi connectivity index (χ0) is 15.6. The summed E-state index contributed by atoms with van der Waals surface area (Å²) in [4.78, 5) is 0. The first-order valence-corrected chi connectivity index (χ1v) is 6.95. The lowest BCUT2D eigenvalue weighted by Crippen LogP contribution is -2.42. The van der Waals surface area contributed by atoms with Crippen molar-refractivity contribution in [2.75, 3.05) is 10.4 Å². The van der Waals surface area contributed by atoms with Crippen LogP contribution in [0.5, 0.6) is 0 Å². The van der Waals surface area contributed by atoms with Crippen LogP contribution in [-0.2, 0) is 0 Å². The van der Waals surface area contributed by atoms with Crippen molar-refractivity contribution in [2.24, 2.45) is 5.73 Å². The number of nitrogens with zero attached hydrogens (tertiary/aromatic N) is 1. The predicted octanol–water partition coefficient (Wildman–Crippen LogP) is 3.65. The van der Waals surface area contributed by atoms with Gasteiger partial charge in [0.15, 0.2) is 0 Å². The molecule has 0 radical (unpaired) electrons. The van der Waals surface area contributed by atoms with E-state index in [2.05, 4.69) is 5.43 Å². The Morgan fingerprint density at radius 2 is 1.33 bits per heavy atom. The van der Waals surface area contributed by atoms with Crippen LogP contribution in [0.4, 0.5) is 11.4 Å². The second-order valence-electron chi connectivity index (χ2n) is 5.34. The number of guanidine groups is 1. The maximum atomic E-state index is 7.91. The topological polar surface area (TPSA) is 65.1 Å². The van der Waals surface area contributed by atoms with Gasteiger partial charge in [-0.25, -0.2) is 5.01 Å². The SMILES string of the molecule is Cc1cccc(C)c1NN(C(=N)N)c1c(C)cccc1C. The summed E-state index contributed by atoms with van der Waals surface area (Å²) in [7, 11) is 0. The van der Waals surface area contributed by atoms with Crippen LogP contribution in [0.1, 0.15) is 22.3 Å². The molecule has 0 aliphatic rings. The van der Waals surface area contributed by atoms with Gasteiger partial charge in [0, 0.05) is 0 Å². The molecule has 0 atom stereocenters. The number of rotatable bonds is 3. The highest BCUT2D eigenvalue weighted by Gasteiger charge is 2.16. The van der Waals surface area contributed by atoms with Crippen molar-refractivity contribution in [1.29, 1.82) is 5.41 Å². The molecule has 4 nitrogen and oxygen atoms in total. The Kier molecular flexibility index (Phi) is 4.17. The quantitative estimate of drug-likeness (QED) is 0.457. The van der Waals surface area contributed by atoms with Gasteiger partial charge in [-0.15, -0.1) is 0 Å². The summed E-state index contributed by atoms with van der Waals surface area (Å²) in [6, 6.07) is 12.1. The lowest BCUT2D eigenvalue weighted by atomic mass is 10.1. The summed E-state index contributed by atoms with van der Waals surface area (Å²) < 4.78 is 0. The van der Waals surface area contributed by atoms with E-state index in [-0.39, 0.29) is 5.96 Å². The van der Waals surface area contributed by atoms with Gasteiger partial charge in [-0.2, -0.15) is 0 Å². The van der Waals surface area contributed by atoms with Crippen molar-refractivity contribution in [2.45, 2.75) is 27.7 Å². The number of hydrogen-bond acceptors (Lipinski definition) is 2. The van der Waals surface area contributed by atoms with E-state index < -0.39 is 0 Å². The molecule has 0 aromatic heterocycles. The summed E-state index contributed by atoms with van der Waals surface area (Å²) >= 11 is 0. The Bertz CT molecular complexity index is 636. The maximum Gasteiger partial charge on any atom is 0.212 e. The lowest BCUT2D eigenvalue weighted by molar-refractivity contribution is 1.11. The number of aryl methyl sites for hydroxylation is 4. The molecule has 0 saturated carbocycles. The lowest BCUT2D eigenvalue weighted by Gasteiger charge is -2.29. The second kappa shape index (κ2) is 5.87. The minimum atomic E-state index is -0.0324. The van der Waals surface area contributed by atoms with Crippen LogP contribution in [-0.4, -0.2) is 5.96 Å². The highest BCUT2D eigenvalue weighted by atomic mass is 15.5. The molecule has 0 aliphatic carbocycles. The summed E-state index contributed by atoms with van der Waals surface area (Å²) in [5, 5.41) is 9.55. The van der Waals surface area contributed by atoms with E-state index in [1.165, 1.54) is 0 Å². The van der Waals surface area contributed by atoms with Gasteiger partial charge in [0.1, 0.15) is 0 Å². The fourth-order valence-electron chi connectivity index (χ4n) is 2.50. The smallest absolute Gasteiger partial charge is 0.212 e. The van der Waals surface area contributed by atoms with Gasteiger partial charge in [0.25, 0.3) is 0 Å². The van der Waals surface area contributed by atoms with Gasteiger partial charge in [0.2, 0.25) is 5.96 Å². The average Bonchev–Trinajstić information content (AvgIpc) is 2.40. The van der Waals surface area contributed by atoms with E-state index in [9.17, 15) is 0 Å². The van der Waals surface area contributed by atoms with Crippen LogP contribution in [0.15, 0.2) is 36.4 Å². The molecule has 2 rings (SSSR count).